The molecule has 48 heavy (non-hydrogen) atoms. The molecule has 3 atom stereocenters. The molecule has 13 heteroatoms. The fourth-order valence-electron chi connectivity index (χ4n) is 5.47. The van der Waals surface area contributed by atoms with Crippen LogP contribution in [0.5, 0.6) is 0 Å². The number of carbonyl (C=O) groups excluding carboxylic acids is 3. The summed E-state index contributed by atoms with van der Waals surface area (Å²) in [6.45, 7) is 14.7. The Morgan fingerprint density at radius 2 is 1.52 bits per heavy atom. The summed E-state index contributed by atoms with van der Waals surface area (Å²) in [7, 11) is -0.733. The van der Waals surface area contributed by atoms with Gasteiger partial charge in [0.05, 0.1) is 22.8 Å². The van der Waals surface area contributed by atoms with Gasteiger partial charge in [0.25, 0.3) is 11.6 Å². The van der Waals surface area contributed by atoms with Crippen molar-refractivity contribution in [2.45, 2.75) is 85.4 Å². The number of hydrogen-bond acceptors (Lipinski definition) is 8. The summed E-state index contributed by atoms with van der Waals surface area (Å²) < 4.78 is 27.5. The van der Waals surface area contributed by atoms with E-state index in [1.165, 1.54) is 36.1 Å². The zero-order valence-electron chi connectivity index (χ0n) is 29.7. The Bertz CT molecular complexity index is 1580. The van der Waals surface area contributed by atoms with E-state index in [0.717, 1.165) is 5.56 Å². The van der Waals surface area contributed by atoms with Gasteiger partial charge in [-0.2, -0.15) is 0 Å². The van der Waals surface area contributed by atoms with Crippen molar-refractivity contribution in [3.8, 4) is 0 Å². The van der Waals surface area contributed by atoms with Crippen LogP contribution in [0.25, 0.3) is 0 Å². The molecule has 264 valence electrons. The second-order valence-electron chi connectivity index (χ2n) is 14.1. The summed E-state index contributed by atoms with van der Waals surface area (Å²) in [5.41, 5.74) is 0.241. The quantitative estimate of drug-likeness (QED) is 0.143. The van der Waals surface area contributed by atoms with E-state index < -0.39 is 55.6 Å². The SMILES string of the molecule is CNC(C(=O)NC(C(=O)N(C)C(/C=C(\C)C(=O)NS(=O)(=O)CCc1ccc([N+](=O)[O-])cc1)C(C)C)C(C)(C)C)C(C)(C)c1ccccc1. The summed E-state index contributed by atoms with van der Waals surface area (Å²) in [4.78, 5) is 52.7. The molecule has 0 fully saturated rings. The van der Waals surface area contributed by atoms with Crippen molar-refractivity contribution >= 4 is 33.4 Å². The fraction of sp³-hybridized carbons (Fsp3) is 0.514. The summed E-state index contributed by atoms with van der Waals surface area (Å²) in [5.74, 6) is -2.09. The van der Waals surface area contributed by atoms with Crippen LogP contribution in [0.4, 0.5) is 5.69 Å². The van der Waals surface area contributed by atoms with Gasteiger partial charge in [-0.1, -0.05) is 97.0 Å². The molecule has 2 rings (SSSR count). The zero-order valence-corrected chi connectivity index (χ0v) is 30.5. The van der Waals surface area contributed by atoms with Crippen LogP contribution >= 0.6 is 0 Å². The van der Waals surface area contributed by atoms with Crippen LogP contribution in [0.2, 0.25) is 0 Å². The number of benzene rings is 2. The highest BCUT2D eigenvalue weighted by Crippen LogP contribution is 2.29. The van der Waals surface area contributed by atoms with Crippen molar-refractivity contribution in [3.63, 3.8) is 0 Å². The molecule has 0 aliphatic rings. The Hall–Kier alpha value is -4.10. The van der Waals surface area contributed by atoms with E-state index in [1.807, 2.05) is 78.8 Å². The van der Waals surface area contributed by atoms with Gasteiger partial charge in [0.1, 0.15) is 6.04 Å². The van der Waals surface area contributed by atoms with Crippen molar-refractivity contribution in [1.29, 1.82) is 0 Å². The minimum absolute atomic E-state index is 0.0477. The first-order chi connectivity index (χ1) is 22.1. The number of nitro groups is 1. The molecule has 3 unspecified atom stereocenters. The lowest BCUT2D eigenvalue weighted by Crippen LogP contribution is -2.61. The molecule has 0 aliphatic heterocycles. The predicted molar refractivity (Wildman–Crippen MR) is 188 cm³/mol. The fourth-order valence-corrected chi connectivity index (χ4v) is 6.52. The minimum atomic E-state index is -4.04. The summed E-state index contributed by atoms with van der Waals surface area (Å²) in [6.07, 6.45) is 1.60. The van der Waals surface area contributed by atoms with E-state index in [-0.39, 0.29) is 35.4 Å². The maximum atomic E-state index is 14.1. The normalized spacial score (nSPS) is 14.5. The molecule has 0 saturated carbocycles. The lowest BCUT2D eigenvalue weighted by atomic mass is 9.76. The van der Waals surface area contributed by atoms with Gasteiger partial charge in [0.15, 0.2) is 0 Å². The van der Waals surface area contributed by atoms with E-state index in [1.54, 1.807) is 20.2 Å². The van der Waals surface area contributed by atoms with E-state index in [2.05, 4.69) is 15.4 Å². The Morgan fingerprint density at radius 1 is 0.958 bits per heavy atom. The average Bonchev–Trinajstić information content (AvgIpc) is 3.00. The monoisotopic (exact) mass is 685 g/mol. The first-order valence-corrected chi connectivity index (χ1v) is 17.5. The summed E-state index contributed by atoms with van der Waals surface area (Å²) >= 11 is 0. The third kappa shape index (κ3) is 10.7. The Kier molecular flexibility index (Phi) is 13.6. The first-order valence-electron chi connectivity index (χ1n) is 15.9. The number of non-ortho nitro benzene ring substituents is 1. The lowest BCUT2D eigenvalue weighted by molar-refractivity contribution is -0.384. The van der Waals surface area contributed by atoms with Crippen molar-refractivity contribution in [2.24, 2.45) is 11.3 Å². The Labute approximate surface area is 285 Å². The number of likely N-dealkylation sites (N-methyl/N-ethyl adjacent to an activating group) is 2. The van der Waals surface area contributed by atoms with Crippen LogP contribution in [0.3, 0.4) is 0 Å². The highest BCUT2D eigenvalue weighted by molar-refractivity contribution is 7.90. The number of nitro benzene ring substituents is 1. The van der Waals surface area contributed by atoms with Crippen LogP contribution in [0.1, 0.15) is 66.5 Å². The topological polar surface area (TPSA) is 168 Å². The number of carbonyl (C=O) groups is 3. The molecular formula is C35H51N5O7S. The number of sulfonamides is 1. The average molecular weight is 686 g/mol. The molecule has 0 aromatic heterocycles. The number of hydrogen-bond donors (Lipinski definition) is 3. The molecular weight excluding hydrogens is 634 g/mol. The standard InChI is InChI=1S/C35H51N5O7S/c1-23(2)28(22-24(3)31(41)38-48(46,47)21-20-25-16-18-27(19-17-25)40(44)45)39(10)33(43)30(34(4,5)6)37-32(42)29(36-9)35(7,8)26-14-12-11-13-15-26/h11-19,22-23,28-30,36H,20-21H2,1-10H3,(H,37,42)(H,38,41)/b24-22+. The van der Waals surface area contributed by atoms with Gasteiger partial charge >= 0.3 is 0 Å². The van der Waals surface area contributed by atoms with Crippen LogP contribution in [-0.2, 0) is 36.2 Å². The minimum Gasteiger partial charge on any atom is -0.342 e. The highest BCUT2D eigenvalue weighted by atomic mass is 32.2. The molecule has 2 aromatic rings. The van der Waals surface area contributed by atoms with Gasteiger partial charge < -0.3 is 15.5 Å². The van der Waals surface area contributed by atoms with Crippen LogP contribution in [0.15, 0.2) is 66.2 Å². The van der Waals surface area contributed by atoms with Crippen molar-refractivity contribution < 1.29 is 27.7 Å². The first kappa shape index (κ1) is 40.1. The molecule has 3 N–H and O–H groups in total. The van der Waals surface area contributed by atoms with Gasteiger partial charge in [0.2, 0.25) is 21.8 Å². The zero-order chi connectivity index (χ0) is 36.6. The van der Waals surface area contributed by atoms with E-state index in [0.29, 0.717) is 5.56 Å². The highest BCUT2D eigenvalue weighted by Gasteiger charge is 2.41. The molecule has 12 nitrogen and oxygen atoms in total. The van der Waals surface area contributed by atoms with Crippen molar-refractivity contribution in [1.82, 2.24) is 20.3 Å². The third-order valence-corrected chi connectivity index (χ3v) is 9.74. The number of nitrogens with zero attached hydrogens (tertiary/aromatic N) is 2. The molecule has 0 radical (unpaired) electrons. The molecule has 0 heterocycles. The van der Waals surface area contributed by atoms with E-state index in [4.69, 9.17) is 0 Å². The van der Waals surface area contributed by atoms with Crippen LogP contribution < -0.4 is 15.4 Å². The largest absolute Gasteiger partial charge is 0.342 e. The molecule has 0 saturated heterocycles. The molecule has 3 amide bonds. The number of amides is 3. The summed E-state index contributed by atoms with van der Waals surface area (Å²) in [6, 6.07) is 13.0. The summed E-state index contributed by atoms with van der Waals surface area (Å²) in [5, 5.41) is 17.0. The number of rotatable bonds is 15. The van der Waals surface area contributed by atoms with Gasteiger partial charge in [0, 0.05) is 30.2 Å². The van der Waals surface area contributed by atoms with Gasteiger partial charge in [-0.05, 0) is 42.9 Å². The maximum Gasteiger partial charge on any atom is 0.269 e. The molecule has 2 aromatic carbocycles. The predicted octanol–water partition coefficient (Wildman–Crippen LogP) is 4.11. The second-order valence-corrected chi connectivity index (χ2v) is 15.9. The van der Waals surface area contributed by atoms with Crippen molar-refractivity contribution in [2.75, 3.05) is 19.8 Å². The number of nitrogens with one attached hydrogen (secondary N) is 3. The maximum absolute atomic E-state index is 14.1. The van der Waals surface area contributed by atoms with Gasteiger partial charge in [-0.3, -0.25) is 24.5 Å². The Balaban J connectivity index is 2.23. The smallest absolute Gasteiger partial charge is 0.269 e. The van der Waals surface area contributed by atoms with Gasteiger partial charge in [-0.25, -0.2) is 13.1 Å². The molecule has 0 aliphatic carbocycles. The molecule has 0 bridgehead atoms. The Morgan fingerprint density at radius 3 is 2.00 bits per heavy atom. The number of aryl methyl sites for hydroxylation is 1. The van der Waals surface area contributed by atoms with Crippen LogP contribution in [0, 0.1) is 21.4 Å². The van der Waals surface area contributed by atoms with Crippen LogP contribution in [-0.4, -0.2) is 73.9 Å². The van der Waals surface area contributed by atoms with E-state index >= 15 is 0 Å². The van der Waals surface area contributed by atoms with E-state index in [9.17, 15) is 32.9 Å². The van der Waals surface area contributed by atoms with Crippen molar-refractivity contribution in [3.05, 3.63) is 87.5 Å². The second kappa shape index (κ2) is 16.3. The third-order valence-electron chi connectivity index (χ3n) is 8.50. The lowest BCUT2D eigenvalue weighted by Gasteiger charge is -2.40. The van der Waals surface area contributed by atoms with Gasteiger partial charge in [-0.15, -0.1) is 0 Å². The molecule has 0 spiro atoms.